The van der Waals surface area contributed by atoms with Gasteiger partial charge in [-0.15, -0.1) is 0 Å². The first kappa shape index (κ1) is 19.4. The van der Waals surface area contributed by atoms with E-state index in [4.69, 9.17) is 4.74 Å². The number of amides is 1. The number of hydrogen-bond acceptors (Lipinski definition) is 4. The van der Waals surface area contributed by atoms with Gasteiger partial charge in [0.05, 0.1) is 19.0 Å². The van der Waals surface area contributed by atoms with E-state index in [1.54, 1.807) is 31.3 Å². The Labute approximate surface area is 166 Å². The Kier molecular flexibility index (Phi) is 6.63. The van der Waals surface area contributed by atoms with E-state index in [9.17, 15) is 4.79 Å². The molecule has 3 rings (SSSR count). The van der Waals surface area contributed by atoms with Crippen LogP contribution in [0, 0.1) is 0 Å². The summed E-state index contributed by atoms with van der Waals surface area (Å²) < 4.78 is 5.37. The van der Waals surface area contributed by atoms with Crippen molar-refractivity contribution in [1.29, 1.82) is 0 Å². The van der Waals surface area contributed by atoms with E-state index < -0.39 is 0 Å². The minimum atomic E-state index is -0.0931. The van der Waals surface area contributed by atoms with E-state index in [1.165, 1.54) is 0 Å². The molecule has 1 aromatic heterocycles. The molecule has 2 aromatic carbocycles. The quantitative estimate of drug-likeness (QED) is 0.646. The first-order chi connectivity index (χ1) is 13.7. The Balaban J connectivity index is 1.53. The van der Waals surface area contributed by atoms with E-state index in [2.05, 4.69) is 16.4 Å². The summed E-state index contributed by atoms with van der Waals surface area (Å²) in [5.41, 5.74) is 3.57. The molecule has 5 heteroatoms. The predicted octanol–water partition coefficient (Wildman–Crippen LogP) is 4.02. The number of anilines is 1. The highest BCUT2D eigenvalue weighted by Gasteiger charge is 2.13. The summed E-state index contributed by atoms with van der Waals surface area (Å²) in [5.74, 6) is 0.800. The van der Waals surface area contributed by atoms with Crippen molar-refractivity contribution in [3.05, 3.63) is 89.7 Å². The minimum Gasteiger partial charge on any atom is -0.496 e. The molecule has 1 N–H and O–H groups in total. The number of ether oxygens (including phenoxy) is 1. The molecule has 0 unspecified atom stereocenters. The Bertz CT molecular complexity index is 895. The largest absolute Gasteiger partial charge is 0.496 e. The second-order valence-electron chi connectivity index (χ2n) is 6.57. The molecule has 1 amide bonds. The summed E-state index contributed by atoms with van der Waals surface area (Å²) in [6.45, 7) is 1.31. The molecular formula is C23H25N3O2. The van der Waals surface area contributed by atoms with Crippen molar-refractivity contribution in [2.45, 2.75) is 13.0 Å². The summed E-state index contributed by atoms with van der Waals surface area (Å²) in [4.78, 5) is 18.6. The fraction of sp³-hybridized carbons (Fsp3) is 0.217. The molecule has 0 spiro atoms. The molecule has 3 aromatic rings. The number of benzene rings is 2. The van der Waals surface area contributed by atoms with E-state index >= 15 is 0 Å². The average molecular weight is 375 g/mol. The van der Waals surface area contributed by atoms with Crippen molar-refractivity contribution < 1.29 is 9.53 Å². The lowest BCUT2D eigenvalue weighted by atomic mass is 10.1. The maximum Gasteiger partial charge on any atom is 0.272 e. The first-order valence-electron chi connectivity index (χ1n) is 9.28. The van der Waals surface area contributed by atoms with Gasteiger partial charge in [-0.2, -0.15) is 0 Å². The zero-order valence-electron chi connectivity index (χ0n) is 16.3. The van der Waals surface area contributed by atoms with Gasteiger partial charge in [-0.05, 0) is 35.7 Å². The number of carbonyl (C=O) groups excluding carboxylic acids is 1. The van der Waals surface area contributed by atoms with Gasteiger partial charge >= 0.3 is 0 Å². The summed E-state index contributed by atoms with van der Waals surface area (Å²) in [7, 11) is 3.47. The van der Waals surface area contributed by atoms with Crippen LogP contribution in [-0.4, -0.2) is 36.5 Å². The van der Waals surface area contributed by atoms with Crippen molar-refractivity contribution in [3.8, 4) is 5.75 Å². The van der Waals surface area contributed by atoms with Gasteiger partial charge in [-0.3, -0.25) is 4.79 Å². The van der Waals surface area contributed by atoms with Crippen LogP contribution in [0.15, 0.2) is 72.9 Å². The fourth-order valence-electron chi connectivity index (χ4n) is 3.00. The van der Waals surface area contributed by atoms with Crippen LogP contribution in [0.1, 0.15) is 21.6 Å². The molecule has 0 atom stereocenters. The zero-order valence-corrected chi connectivity index (χ0v) is 16.3. The summed E-state index contributed by atoms with van der Waals surface area (Å²) >= 11 is 0. The van der Waals surface area contributed by atoms with Crippen molar-refractivity contribution in [1.82, 2.24) is 9.88 Å². The Morgan fingerprint density at radius 1 is 1.04 bits per heavy atom. The molecule has 0 bridgehead atoms. The molecule has 0 saturated heterocycles. The highest BCUT2D eigenvalue weighted by atomic mass is 16.5. The number of hydrogen-bond donors (Lipinski definition) is 1. The van der Waals surface area contributed by atoms with Crippen LogP contribution in [0.4, 0.5) is 5.69 Å². The topological polar surface area (TPSA) is 54.5 Å². The molecule has 5 nitrogen and oxygen atoms in total. The lowest BCUT2D eigenvalue weighted by molar-refractivity contribution is 0.0779. The van der Waals surface area contributed by atoms with Crippen molar-refractivity contribution >= 4 is 11.6 Å². The van der Waals surface area contributed by atoms with Crippen LogP contribution >= 0.6 is 0 Å². The van der Waals surface area contributed by atoms with Crippen molar-refractivity contribution in [3.63, 3.8) is 0 Å². The van der Waals surface area contributed by atoms with Gasteiger partial charge in [0.2, 0.25) is 0 Å². The number of nitrogens with zero attached hydrogens (tertiary/aromatic N) is 2. The van der Waals surface area contributed by atoms with Crippen LogP contribution < -0.4 is 10.1 Å². The zero-order chi connectivity index (χ0) is 19.8. The van der Waals surface area contributed by atoms with Crippen molar-refractivity contribution in [2.75, 3.05) is 26.0 Å². The van der Waals surface area contributed by atoms with Crippen LogP contribution in [0.3, 0.4) is 0 Å². The number of aromatic nitrogens is 1. The number of pyridine rings is 1. The monoisotopic (exact) mass is 375 g/mol. The fourth-order valence-corrected chi connectivity index (χ4v) is 3.00. The van der Waals surface area contributed by atoms with E-state index in [1.807, 2.05) is 54.6 Å². The lowest BCUT2D eigenvalue weighted by Gasteiger charge is -2.17. The van der Waals surface area contributed by atoms with Gasteiger partial charge in [0.1, 0.15) is 11.4 Å². The van der Waals surface area contributed by atoms with Gasteiger partial charge in [0.15, 0.2) is 0 Å². The number of methoxy groups -OCH3 is 1. The Morgan fingerprint density at radius 2 is 1.79 bits per heavy atom. The molecule has 1 heterocycles. The second-order valence-corrected chi connectivity index (χ2v) is 6.57. The van der Waals surface area contributed by atoms with Crippen molar-refractivity contribution in [2.24, 2.45) is 0 Å². The van der Waals surface area contributed by atoms with Crippen LogP contribution in [-0.2, 0) is 13.0 Å². The van der Waals surface area contributed by atoms with Gasteiger partial charge in [-0.1, -0.05) is 48.5 Å². The molecule has 0 aliphatic carbocycles. The number of rotatable bonds is 8. The SMILES string of the molecule is COc1ccccc1CCNc1ccc(C(=O)N(C)Cc2ccccc2)nc1. The van der Waals surface area contributed by atoms with E-state index in [-0.39, 0.29) is 5.91 Å². The third-order valence-corrected chi connectivity index (χ3v) is 4.51. The van der Waals surface area contributed by atoms with Gasteiger partial charge < -0.3 is 15.0 Å². The molecule has 0 saturated carbocycles. The Hall–Kier alpha value is -3.34. The number of nitrogens with one attached hydrogen (secondary N) is 1. The summed E-state index contributed by atoms with van der Waals surface area (Å²) in [6.07, 6.45) is 2.54. The molecule has 0 aliphatic rings. The lowest BCUT2D eigenvalue weighted by Crippen LogP contribution is -2.27. The maximum absolute atomic E-state index is 12.6. The molecule has 0 radical (unpaired) electrons. The predicted molar refractivity (Wildman–Crippen MR) is 112 cm³/mol. The maximum atomic E-state index is 12.6. The smallest absolute Gasteiger partial charge is 0.272 e. The van der Waals surface area contributed by atoms with Gasteiger partial charge in [-0.25, -0.2) is 4.98 Å². The van der Waals surface area contributed by atoms with Crippen LogP contribution in [0.25, 0.3) is 0 Å². The number of carbonyl (C=O) groups is 1. The standard InChI is InChI=1S/C23H25N3O2/c1-26(17-18-8-4-3-5-9-18)23(27)21-13-12-20(16-25-21)24-15-14-19-10-6-7-11-22(19)28-2/h3-13,16,24H,14-15,17H2,1-2H3. The molecule has 0 aliphatic heterocycles. The minimum absolute atomic E-state index is 0.0931. The van der Waals surface area contributed by atoms with E-state index in [0.717, 1.165) is 35.5 Å². The van der Waals surface area contributed by atoms with Gasteiger partial charge in [0, 0.05) is 20.1 Å². The normalized spacial score (nSPS) is 10.4. The highest BCUT2D eigenvalue weighted by Crippen LogP contribution is 2.18. The summed E-state index contributed by atoms with van der Waals surface area (Å²) in [5, 5.41) is 3.34. The highest BCUT2D eigenvalue weighted by molar-refractivity contribution is 5.92. The van der Waals surface area contributed by atoms with Crippen LogP contribution in [0.5, 0.6) is 5.75 Å². The second kappa shape index (κ2) is 9.55. The van der Waals surface area contributed by atoms with E-state index in [0.29, 0.717) is 12.2 Å². The first-order valence-corrected chi connectivity index (χ1v) is 9.28. The number of para-hydroxylation sites is 1. The average Bonchev–Trinajstić information content (AvgIpc) is 2.75. The van der Waals surface area contributed by atoms with Crippen LogP contribution in [0.2, 0.25) is 0 Å². The Morgan fingerprint density at radius 3 is 2.50 bits per heavy atom. The molecule has 144 valence electrons. The molecule has 0 fully saturated rings. The van der Waals surface area contributed by atoms with Gasteiger partial charge in [0.25, 0.3) is 5.91 Å². The molecule has 28 heavy (non-hydrogen) atoms. The third kappa shape index (κ3) is 5.10. The summed E-state index contributed by atoms with van der Waals surface area (Å²) in [6, 6.07) is 21.6. The molecular weight excluding hydrogens is 350 g/mol. The third-order valence-electron chi connectivity index (χ3n) is 4.51.